The van der Waals surface area contributed by atoms with Gasteiger partial charge in [0, 0.05) is 32.1 Å². The van der Waals surface area contributed by atoms with E-state index in [1.165, 1.54) is 11.6 Å². The van der Waals surface area contributed by atoms with Crippen molar-refractivity contribution in [3.05, 3.63) is 58.0 Å². The van der Waals surface area contributed by atoms with Crippen molar-refractivity contribution in [2.24, 2.45) is 0 Å². The van der Waals surface area contributed by atoms with Crippen LogP contribution in [0.5, 0.6) is 0 Å². The first-order chi connectivity index (χ1) is 12.6. The van der Waals surface area contributed by atoms with Crippen LogP contribution in [0.4, 0.5) is 4.39 Å². The summed E-state index contributed by atoms with van der Waals surface area (Å²) in [5.74, 6) is 0.00156. The van der Waals surface area contributed by atoms with Gasteiger partial charge in [-0.3, -0.25) is 15.6 Å². The number of hydrogen-bond donors (Lipinski definition) is 2. The van der Waals surface area contributed by atoms with Crippen LogP contribution < -0.4 is 10.9 Å². The van der Waals surface area contributed by atoms with Gasteiger partial charge >= 0.3 is 0 Å². The third kappa shape index (κ3) is 5.37. The van der Waals surface area contributed by atoms with Gasteiger partial charge < -0.3 is 4.90 Å². The standard InChI is InChI=1S/C20H26FN3OS/c1-24(20(25)8-7-15-9-11-26-14-15)10-3-6-18-13-19(23-22-18)16-4-2-5-17(21)12-16/h2,4-5,9,11-12,14,18-19,22-23H,3,6-8,10,13H2,1H3. The number of carbonyl (C=O) groups excluding carboxylic acids is 1. The fourth-order valence-electron chi connectivity index (χ4n) is 3.33. The summed E-state index contributed by atoms with van der Waals surface area (Å²) in [6.07, 6.45) is 4.25. The minimum absolute atomic E-state index is 0.140. The molecule has 2 unspecified atom stereocenters. The monoisotopic (exact) mass is 375 g/mol. The molecule has 1 amide bonds. The molecule has 0 saturated carbocycles. The maximum absolute atomic E-state index is 13.4. The SMILES string of the molecule is CN(CCCC1CC(c2cccc(F)c2)NN1)C(=O)CCc1ccsc1. The summed E-state index contributed by atoms with van der Waals surface area (Å²) in [5.41, 5.74) is 8.76. The maximum Gasteiger partial charge on any atom is 0.222 e. The predicted molar refractivity (Wildman–Crippen MR) is 103 cm³/mol. The summed E-state index contributed by atoms with van der Waals surface area (Å²) in [6.45, 7) is 0.769. The molecule has 1 aliphatic rings. The molecule has 1 fully saturated rings. The third-order valence-electron chi connectivity index (χ3n) is 4.91. The van der Waals surface area contributed by atoms with E-state index in [1.807, 2.05) is 23.4 Å². The Morgan fingerprint density at radius 1 is 1.35 bits per heavy atom. The molecule has 1 saturated heterocycles. The lowest BCUT2D eigenvalue weighted by Crippen LogP contribution is -2.32. The zero-order valence-electron chi connectivity index (χ0n) is 15.1. The number of nitrogens with one attached hydrogen (secondary N) is 2. The second kappa shape index (κ2) is 9.26. The molecule has 1 aromatic carbocycles. The van der Waals surface area contributed by atoms with Gasteiger partial charge in [-0.1, -0.05) is 12.1 Å². The van der Waals surface area contributed by atoms with Crippen LogP contribution in [0.25, 0.3) is 0 Å². The Kier molecular flexibility index (Phi) is 6.77. The highest BCUT2D eigenvalue weighted by atomic mass is 32.1. The molecule has 4 nitrogen and oxygen atoms in total. The van der Waals surface area contributed by atoms with Crippen LogP contribution in [-0.2, 0) is 11.2 Å². The van der Waals surface area contributed by atoms with Crippen LogP contribution >= 0.6 is 11.3 Å². The van der Waals surface area contributed by atoms with Gasteiger partial charge in [0.1, 0.15) is 5.82 Å². The van der Waals surface area contributed by atoms with Gasteiger partial charge in [-0.2, -0.15) is 11.3 Å². The molecule has 0 bridgehead atoms. The van der Waals surface area contributed by atoms with Gasteiger partial charge in [0.05, 0.1) is 0 Å². The maximum atomic E-state index is 13.4. The molecule has 26 heavy (non-hydrogen) atoms. The average Bonchev–Trinajstić information content (AvgIpc) is 3.31. The lowest BCUT2D eigenvalue weighted by Gasteiger charge is -2.18. The highest BCUT2D eigenvalue weighted by molar-refractivity contribution is 7.07. The smallest absolute Gasteiger partial charge is 0.222 e. The lowest BCUT2D eigenvalue weighted by atomic mass is 9.99. The van der Waals surface area contributed by atoms with Gasteiger partial charge in [0.2, 0.25) is 5.91 Å². The van der Waals surface area contributed by atoms with Gasteiger partial charge in [-0.25, -0.2) is 4.39 Å². The first kappa shape index (κ1) is 19.0. The topological polar surface area (TPSA) is 44.4 Å². The van der Waals surface area contributed by atoms with Crippen LogP contribution in [-0.4, -0.2) is 30.4 Å². The molecule has 0 aliphatic carbocycles. The number of nitrogens with zero attached hydrogens (tertiary/aromatic N) is 1. The number of aryl methyl sites for hydroxylation is 1. The van der Waals surface area contributed by atoms with E-state index in [2.05, 4.69) is 22.3 Å². The predicted octanol–water partition coefficient (Wildman–Crippen LogP) is 3.67. The quantitative estimate of drug-likeness (QED) is 0.740. The summed E-state index contributed by atoms with van der Waals surface area (Å²) in [5, 5.41) is 4.14. The van der Waals surface area contributed by atoms with E-state index in [4.69, 9.17) is 0 Å². The molecule has 2 aromatic rings. The molecule has 2 heterocycles. The van der Waals surface area contributed by atoms with Crippen LogP contribution in [0, 0.1) is 5.82 Å². The van der Waals surface area contributed by atoms with Crippen molar-refractivity contribution in [3.63, 3.8) is 0 Å². The van der Waals surface area contributed by atoms with Crippen molar-refractivity contribution in [2.75, 3.05) is 13.6 Å². The number of thiophene rings is 1. The second-order valence-electron chi connectivity index (χ2n) is 6.92. The Morgan fingerprint density at radius 2 is 2.23 bits per heavy atom. The summed E-state index contributed by atoms with van der Waals surface area (Å²) >= 11 is 1.67. The number of benzene rings is 1. The minimum atomic E-state index is -0.199. The molecule has 2 N–H and O–H groups in total. The first-order valence-electron chi connectivity index (χ1n) is 9.13. The fourth-order valence-corrected chi connectivity index (χ4v) is 4.03. The molecular weight excluding hydrogens is 349 g/mol. The van der Waals surface area contributed by atoms with E-state index in [-0.39, 0.29) is 17.8 Å². The van der Waals surface area contributed by atoms with Gasteiger partial charge in [-0.05, 0) is 65.8 Å². The van der Waals surface area contributed by atoms with Crippen molar-refractivity contribution < 1.29 is 9.18 Å². The Hall–Kier alpha value is -1.76. The fraction of sp³-hybridized carbons (Fsp3) is 0.450. The van der Waals surface area contributed by atoms with Crippen molar-refractivity contribution in [1.82, 2.24) is 15.8 Å². The van der Waals surface area contributed by atoms with E-state index in [1.54, 1.807) is 23.5 Å². The number of hydrogen-bond acceptors (Lipinski definition) is 4. The Labute approximate surface area is 158 Å². The van der Waals surface area contributed by atoms with Crippen LogP contribution in [0.15, 0.2) is 41.1 Å². The first-order valence-corrected chi connectivity index (χ1v) is 10.1. The Morgan fingerprint density at radius 3 is 3.00 bits per heavy atom. The molecule has 3 rings (SSSR count). The number of amides is 1. The number of halogens is 1. The second-order valence-corrected chi connectivity index (χ2v) is 7.70. The molecular formula is C20H26FN3OS. The molecule has 0 spiro atoms. The molecule has 2 atom stereocenters. The van der Waals surface area contributed by atoms with Crippen molar-refractivity contribution >= 4 is 17.2 Å². The van der Waals surface area contributed by atoms with Gasteiger partial charge in [0.15, 0.2) is 0 Å². The average molecular weight is 376 g/mol. The van der Waals surface area contributed by atoms with E-state index < -0.39 is 0 Å². The molecule has 6 heteroatoms. The number of carbonyl (C=O) groups is 1. The summed E-state index contributed by atoms with van der Waals surface area (Å²) in [6, 6.07) is 9.31. The van der Waals surface area contributed by atoms with E-state index in [9.17, 15) is 9.18 Å². The normalized spacial score (nSPS) is 19.6. The molecule has 0 radical (unpaired) electrons. The molecule has 1 aromatic heterocycles. The zero-order chi connectivity index (χ0) is 18.4. The van der Waals surface area contributed by atoms with Crippen LogP contribution in [0.2, 0.25) is 0 Å². The largest absolute Gasteiger partial charge is 0.346 e. The molecule has 140 valence electrons. The van der Waals surface area contributed by atoms with E-state index in [0.717, 1.165) is 37.8 Å². The Balaban J connectivity index is 1.35. The third-order valence-corrected chi connectivity index (χ3v) is 5.64. The summed E-state index contributed by atoms with van der Waals surface area (Å²) in [7, 11) is 1.88. The van der Waals surface area contributed by atoms with Crippen molar-refractivity contribution in [1.29, 1.82) is 0 Å². The summed E-state index contributed by atoms with van der Waals surface area (Å²) in [4.78, 5) is 14.0. The highest BCUT2D eigenvalue weighted by Gasteiger charge is 2.25. The van der Waals surface area contributed by atoms with Gasteiger partial charge in [-0.15, -0.1) is 0 Å². The number of hydrazine groups is 1. The highest BCUT2D eigenvalue weighted by Crippen LogP contribution is 2.24. The summed E-state index contributed by atoms with van der Waals surface area (Å²) < 4.78 is 13.4. The van der Waals surface area contributed by atoms with E-state index in [0.29, 0.717) is 12.5 Å². The van der Waals surface area contributed by atoms with Crippen LogP contribution in [0.3, 0.4) is 0 Å². The van der Waals surface area contributed by atoms with Crippen molar-refractivity contribution in [3.8, 4) is 0 Å². The van der Waals surface area contributed by atoms with Crippen molar-refractivity contribution in [2.45, 2.75) is 44.2 Å². The Bertz CT molecular complexity index is 707. The van der Waals surface area contributed by atoms with Crippen LogP contribution in [0.1, 0.15) is 42.9 Å². The molecule has 1 aliphatic heterocycles. The van der Waals surface area contributed by atoms with Gasteiger partial charge in [0.25, 0.3) is 0 Å². The minimum Gasteiger partial charge on any atom is -0.346 e. The van der Waals surface area contributed by atoms with E-state index >= 15 is 0 Å². The number of rotatable bonds is 8. The lowest BCUT2D eigenvalue weighted by molar-refractivity contribution is -0.129. The zero-order valence-corrected chi connectivity index (χ0v) is 15.9.